The Balaban J connectivity index is 1.60. The van der Waals surface area contributed by atoms with Crippen LogP contribution in [0.4, 0.5) is 5.69 Å². The zero-order chi connectivity index (χ0) is 19.4. The summed E-state index contributed by atoms with van der Waals surface area (Å²) in [6, 6.07) is 11.6. The highest BCUT2D eigenvalue weighted by Crippen LogP contribution is 2.19. The minimum absolute atomic E-state index is 0.0134. The number of carbonyl (C=O) groups excluding carboxylic acids is 2. The summed E-state index contributed by atoms with van der Waals surface area (Å²) in [6.45, 7) is -0.368. The van der Waals surface area contributed by atoms with Gasteiger partial charge in [-0.15, -0.1) is 0 Å². The van der Waals surface area contributed by atoms with Crippen LogP contribution in [-0.2, 0) is 19.6 Å². The molecule has 9 heteroatoms. The van der Waals surface area contributed by atoms with Crippen LogP contribution in [0.3, 0.4) is 0 Å². The third-order valence-electron chi connectivity index (χ3n) is 3.77. The molecular weight excluding hydrogens is 392 g/mol. The molecule has 7 nitrogen and oxygen atoms in total. The molecule has 142 valence electrons. The van der Waals surface area contributed by atoms with Gasteiger partial charge in [0.1, 0.15) is 0 Å². The second kappa shape index (κ2) is 7.98. The molecule has 2 aromatic rings. The van der Waals surface area contributed by atoms with Crippen molar-refractivity contribution in [2.45, 2.75) is 23.8 Å². The van der Waals surface area contributed by atoms with E-state index in [0.717, 1.165) is 12.8 Å². The second-order valence-electron chi connectivity index (χ2n) is 6.05. The lowest BCUT2D eigenvalue weighted by molar-refractivity contribution is -0.124. The molecule has 2 N–H and O–H groups in total. The van der Waals surface area contributed by atoms with E-state index in [1.165, 1.54) is 36.4 Å². The van der Waals surface area contributed by atoms with Crippen LogP contribution in [-0.4, -0.2) is 32.9 Å². The minimum atomic E-state index is -3.81. The van der Waals surface area contributed by atoms with Crippen LogP contribution in [0.2, 0.25) is 5.02 Å². The van der Waals surface area contributed by atoms with Gasteiger partial charge in [0.15, 0.2) is 6.61 Å². The molecule has 0 unspecified atom stereocenters. The zero-order valence-corrected chi connectivity index (χ0v) is 15.7. The monoisotopic (exact) mass is 408 g/mol. The maximum absolute atomic E-state index is 12.4. The van der Waals surface area contributed by atoms with Crippen molar-refractivity contribution in [1.82, 2.24) is 5.32 Å². The number of ether oxygens (including phenoxy) is 1. The van der Waals surface area contributed by atoms with Gasteiger partial charge in [0.2, 0.25) is 0 Å². The Labute approximate surface area is 161 Å². The standard InChI is InChI=1S/C18H17ClN2O5S/c19-13-3-5-15(6-4-13)21-27(24,25)16-9-1-12(2-10-16)18(23)26-11-17(22)20-14-7-8-14/h1-6,9-10,14,21H,7-8,11H2,(H,20,22). The maximum Gasteiger partial charge on any atom is 0.338 e. The number of carbonyl (C=O) groups is 2. The molecule has 0 bridgehead atoms. The molecular formula is C18H17ClN2O5S. The van der Waals surface area contributed by atoms with Crippen LogP contribution in [0.5, 0.6) is 0 Å². The number of amides is 1. The molecule has 2 aromatic carbocycles. The van der Waals surface area contributed by atoms with Crippen molar-refractivity contribution < 1.29 is 22.7 Å². The molecule has 0 heterocycles. The average molecular weight is 409 g/mol. The number of nitrogens with one attached hydrogen (secondary N) is 2. The number of benzene rings is 2. The van der Waals surface area contributed by atoms with E-state index >= 15 is 0 Å². The first-order valence-electron chi connectivity index (χ1n) is 8.18. The Hall–Kier alpha value is -2.58. The summed E-state index contributed by atoms with van der Waals surface area (Å²) in [5.41, 5.74) is 0.518. The average Bonchev–Trinajstić information content (AvgIpc) is 3.45. The molecule has 1 amide bonds. The third kappa shape index (κ3) is 5.45. The Bertz CT molecular complexity index is 939. The second-order valence-corrected chi connectivity index (χ2v) is 8.17. The summed E-state index contributed by atoms with van der Waals surface area (Å²) >= 11 is 5.77. The van der Waals surface area contributed by atoms with Crippen LogP contribution in [0, 0.1) is 0 Å². The van der Waals surface area contributed by atoms with E-state index in [4.69, 9.17) is 16.3 Å². The number of hydrogen-bond acceptors (Lipinski definition) is 5. The summed E-state index contributed by atoms with van der Waals surface area (Å²) in [5.74, 6) is -1.05. The first kappa shape index (κ1) is 19.2. The lowest BCUT2D eigenvalue weighted by Gasteiger charge is -2.09. The molecule has 1 fully saturated rings. The van der Waals surface area contributed by atoms with Gasteiger partial charge in [0.25, 0.3) is 15.9 Å². The van der Waals surface area contributed by atoms with E-state index in [1.54, 1.807) is 12.1 Å². The lowest BCUT2D eigenvalue weighted by atomic mass is 10.2. The third-order valence-corrected chi connectivity index (χ3v) is 5.42. The first-order chi connectivity index (χ1) is 12.8. The van der Waals surface area contributed by atoms with Crippen molar-refractivity contribution in [3.8, 4) is 0 Å². The van der Waals surface area contributed by atoms with E-state index in [1.807, 2.05) is 0 Å². The van der Waals surface area contributed by atoms with Crippen molar-refractivity contribution in [3.05, 3.63) is 59.1 Å². The molecule has 1 saturated carbocycles. The fourth-order valence-corrected chi connectivity index (χ4v) is 3.40. The summed E-state index contributed by atoms with van der Waals surface area (Å²) in [5, 5.41) is 3.20. The minimum Gasteiger partial charge on any atom is -0.452 e. The van der Waals surface area contributed by atoms with Crippen molar-refractivity contribution in [2.75, 3.05) is 11.3 Å². The highest BCUT2D eigenvalue weighted by Gasteiger charge is 2.23. The van der Waals surface area contributed by atoms with Gasteiger partial charge in [-0.3, -0.25) is 9.52 Å². The number of esters is 1. The van der Waals surface area contributed by atoms with Gasteiger partial charge in [0, 0.05) is 16.8 Å². The lowest BCUT2D eigenvalue weighted by Crippen LogP contribution is -2.30. The van der Waals surface area contributed by atoms with E-state index in [9.17, 15) is 18.0 Å². The fraction of sp³-hybridized carbons (Fsp3) is 0.222. The van der Waals surface area contributed by atoms with Gasteiger partial charge in [-0.05, 0) is 61.4 Å². The highest BCUT2D eigenvalue weighted by molar-refractivity contribution is 7.92. The van der Waals surface area contributed by atoms with Crippen LogP contribution in [0.25, 0.3) is 0 Å². The van der Waals surface area contributed by atoms with Crippen LogP contribution < -0.4 is 10.0 Å². The Kier molecular flexibility index (Phi) is 5.67. The first-order valence-corrected chi connectivity index (χ1v) is 10.0. The van der Waals surface area contributed by atoms with Gasteiger partial charge < -0.3 is 10.1 Å². The van der Waals surface area contributed by atoms with Crippen LogP contribution in [0.1, 0.15) is 23.2 Å². The van der Waals surface area contributed by atoms with Crippen molar-refractivity contribution in [3.63, 3.8) is 0 Å². The fourth-order valence-electron chi connectivity index (χ4n) is 2.21. The van der Waals surface area contributed by atoms with Gasteiger partial charge in [-0.25, -0.2) is 13.2 Å². The van der Waals surface area contributed by atoms with Crippen LogP contribution in [0.15, 0.2) is 53.4 Å². The molecule has 0 spiro atoms. The topological polar surface area (TPSA) is 102 Å². The largest absolute Gasteiger partial charge is 0.452 e. The summed E-state index contributed by atoms with van der Waals surface area (Å²) in [7, 11) is -3.81. The van der Waals surface area contributed by atoms with Crippen LogP contribution >= 0.6 is 11.6 Å². The quantitative estimate of drug-likeness (QED) is 0.685. The number of rotatable bonds is 7. The van der Waals surface area contributed by atoms with Gasteiger partial charge in [0.05, 0.1) is 10.5 Å². The molecule has 27 heavy (non-hydrogen) atoms. The van der Waals surface area contributed by atoms with Crippen molar-refractivity contribution >= 4 is 39.2 Å². The predicted molar refractivity (Wildman–Crippen MR) is 100 cm³/mol. The van der Waals surface area contributed by atoms with E-state index in [2.05, 4.69) is 10.0 Å². The SMILES string of the molecule is O=C(COC(=O)c1ccc(S(=O)(=O)Nc2ccc(Cl)cc2)cc1)NC1CC1. The number of hydrogen-bond donors (Lipinski definition) is 2. The molecule has 0 aromatic heterocycles. The summed E-state index contributed by atoms with van der Waals surface area (Å²) < 4.78 is 32.1. The normalized spacial score (nSPS) is 13.7. The Morgan fingerprint density at radius 1 is 1.04 bits per heavy atom. The molecule has 0 atom stereocenters. The van der Waals surface area contributed by atoms with E-state index in [-0.39, 0.29) is 29.0 Å². The Morgan fingerprint density at radius 2 is 1.67 bits per heavy atom. The summed E-state index contributed by atoms with van der Waals surface area (Å²) in [4.78, 5) is 23.5. The number of sulfonamides is 1. The highest BCUT2D eigenvalue weighted by atomic mass is 35.5. The predicted octanol–water partition coefficient (Wildman–Crippen LogP) is 2.58. The van der Waals surface area contributed by atoms with E-state index < -0.39 is 16.0 Å². The van der Waals surface area contributed by atoms with Crippen molar-refractivity contribution in [1.29, 1.82) is 0 Å². The number of anilines is 1. The molecule has 0 radical (unpaired) electrons. The zero-order valence-electron chi connectivity index (χ0n) is 14.1. The number of halogens is 1. The summed E-state index contributed by atoms with van der Waals surface area (Å²) in [6.07, 6.45) is 1.89. The van der Waals surface area contributed by atoms with E-state index in [0.29, 0.717) is 10.7 Å². The molecule has 0 saturated heterocycles. The molecule has 1 aliphatic carbocycles. The van der Waals surface area contributed by atoms with Gasteiger partial charge >= 0.3 is 5.97 Å². The molecule has 1 aliphatic rings. The molecule has 0 aliphatic heterocycles. The smallest absolute Gasteiger partial charge is 0.338 e. The van der Waals surface area contributed by atoms with Gasteiger partial charge in [-0.2, -0.15) is 0 Å². The molecule has 3 rings (SSSR count). The Morgan fingerprint density at radius 3 is 2.26 bits per heavy atom. The van der Waals surface area contributed by atoms with Crippen molar-refractivity contribution in [2.24, 2.45) is 0 Å². The van der Waals surface area contributed by atoms with Gasteiger partial charge in [-0.1, -0.05) is 11.6 Å². The maximum atomic E-state index is 12.4.